The second kappa shape index (κ2) is 10.8. The maximum atomic E-state index is 4.92. The molecule has 1 aromatic rings. The molecule has 0 aliphatic carbocycles. The fraction of sp³-hybridized carbons (Fsp3) is 0.682. The summed E-state index contributed by atoms with van der Waals surface area (Å²) in [7, 11) is 4.42. The highest BCUT2D eigenvalue weighted by molar-refractivity contribution is 5.80. The maximum Gasteiger partial charge on any atom is 0.191 e. The van der Waals surface area contributed by atoms with Crippen molar-refractivity contribution >= 4 is 5.96 Å². The highest BCUT2D eigenvalue weighted by Crippen LogP contribution is 2.14. The third-order valence-corrected chi connectivity index (χ3v) is 5.96. The lowest BCUT2D eigenvalue weighted by Crippen LogP contribution is -2.52. The minimum Gasteiger partial charge on any atom is -0.357 e. The van der Waals surface area contributed by atoms with E-state index >= 15 is 0 Å². The molecule has 2 aliphatic heterocycles. The van der Waals surface area contributed by atoms with Crippen molar-refractivity contribution in [3.05, 3.63) is 35.9 Å². The first kappa shape index (κ1) is 21.1. The SMILES string of the molecule is CCNC(=NCC1CN(C)CCN1C)NC1CCN(Cc2ccccc2)CC1. The number of rotatable bonds is 6. The molecular weight excluding hydrogens is 348 g/mol. The van der Waals surface area contributed by atoms with Crippen LogP contribution in [0.2, 0.25) is 0 Å². The predicted molar refractivity (Wildman–Crippen MR) is 118 cm³/mol. The van der Waals surface area contributed by atoms with Crippen LogP contribution in [0.1, 0.15) is 25.3 Å². The van der Waals surface area contributed by atoms with Crippen LogP contribution in [0.3, 0.4) is 0 Å². The van der Waals surface area contributed by atoms with Gasteiger partial charge in [0.25, 0.3) is 0 Å². The van der Waals surface area contributed by atoms with Gasteiger partial charge in [-0.15, -0.1) is 0 Å². The van der Waals surface area contributed by atoms with Crippen molar-refractivity contribution in [1.29, 1.82) is 0 Å². The fourth-order valence-corrected chi connectivity index (χ4v) is 4.09. The zero-order chi connectivity index (χ0) is 19.8. The van der Waals surface area contributed by atoms with Crippen molar-refractivity contribution in [1.82, 2.24) is 25.3 Å². The van der Waals surface area contributed by atoms with Gasteiger partial charge in [-0.2, -0.15) is 0 Å². The first-order chi connectivity index (χ1) is 13.6. The zero-order valence-corrected chi connectivity index (χ0v) is 17.9. The van der Waals surface area contributed by atoms with Crippen LogP contribution < -0.4 is 10.6 Å². The summed E-state index contributed by atoms with van der Waals surface area (Å²) < 4.78 is 0. The Bertz CT molecular complexity index is 596. The molecule has 0 spiro atoms. The van der Waals surface area contributed by atoms with Crippen molar-refractivity contribution in [3.63, 3.8) is 0 Å². The molecule has 2 heterocycles. The Morgan fingerprint density at radius 3 is 2.54 bits per heavy atom. The van der Waals surface area contributed by atoms with Crippen LogP contribution in [-0.2, 0) is 6.54 Å². The van der Waals surface area contributed by atoms with Crippen LogP contribution in [0.4, 0.5) is 0 Å². The van der Waals surface area contributed by atoms with Gasteiger partial charge in [0.2, 0.25) is 0 Å². The van der Waals surface area contributed by atoms with Crippen molar-refractivity contribution < 1.29 is 0 Å². The molecule has 2 N–H and O–H groups in total. The zero-order valence-electron chi connectivity index (χ0n) is 17.9. The van der Waals surface area contributed by atoms with E-state index in [0.29, 0.717) is 12.1 Å². The van der Waals surface area contributed by atoms with Crippen LogP contribution in [0.5, 0.6) is 0 Å². The Kier molecular flexibility index (Phi) is 8.13. The normalized spacial score (nSPS) is 23.7. The van der Waals surface area contributed by atoms with Gasteiger partial charge in [0, 0.05) is 57.9 Å². The Balaban J connectivity index is 1.46. The molecule has 1 atom stereocenters. The second-order valence-corrected chi connectivity index (χ2v) is 8.30. The molecule has 3 rings (SSSR count). The molecule has 28 heavy (non-hydrogen) atoms. The second-order valence-electron chi connectivity index (χ2n) is 8.30. The van der Waals surface area contributed by atoms with Crippen molar-refractivity contribution in [2.75, 3.05) is 59.9 Å². The Labute approximate surface area is 171 Å². The van der Waals surface area contributed by atoms with Crippen molar-refractivity contribution in [2.45, 2.75) is 38.4 Å². The highest BCUT2D eigenvalue weighted by atomic mass is 15.3. The van der Waals surface area contributed by atoms with Gasteiger partial charge >= 0.3 is 0 Å². The summed E-state index contributed by atoms with van der Waals surface area (Å²) in [5.74, 6) is 0.977. The maximum absolute atomic E-state index is 4.92. The van der Waals surface area contributed by atoms with Gasteiger partial charge in [0.05, 0.1) is 6.54 Å². The van der Waals surface area contributed by atoms with Crippen molar-refractivity contribution in [2.24, 2.45) is 4.99 Å². The minimum atomic E-state index is 0.502. The average molecular weight is 387 g/mol. The van der Waals surface area contributed by atoms with Gasteiger partial charge in [-0.05, 0) is 39.4 Å². The van der Waals surface area contributed by atoms with Gasteiger partial charge < -0.3 is 15.5 Å². The molecule has 2 aliphatic rings. The number of hydrogen-bond acceptors (Lipinski definition) is 4. The van der Waals surface area contributed by atoms with Gasteiger partial charge in [0.15, 0.2) is 5.96 Å². The quantitative estimate of drug-likeness (QED) is 0.572. The fourth-order valence-electron chi connectivity index (χ4n) is 4.09. The smallest absolute Gasteiger partial charge is 0.191 e. The van der Waals surface area contributed by atoms with Crippen LogP contribution in [0, 0.1) is 0 Å². The van der Waals surface area contributed by atoms with Crippen LogP contribution in [-0.4, -0.2) is 92.7 Å². The lowest BCUT2D eigenvalue weighted by molar-refractivity contribution is 0.119. The number of guanidine groups is 1. The molecule has 2 fully saturated rings. The van der Waals surface area contributed by atoms with E-state index in [0.717, 1.165) is 58.3 Å². The molecule has 0 bridgehead atoms. The van der Waals surface area contributed by atoms with E-state index in [4.69, 9.17) is 4.99 Å². The van der Waals surface area contributed by atoms with Gasteiger partial charge in [-0.1, -0.05) is 30.3 Å². The molecule has 156 valence electrons. The highest BCUT2D eigenvalue weighted by Gasteiger charge is 2.23. The summed E-state index contributed by atoms with van der Waals surface area (Å²) in [5, 5.41) is 7.13. The lowest BCUT2D eigenvalue weighted by atomic mass is 10.0. The summed E-state index contributed by atoms with van der Waals surface area (Å²) >= 11 is 0. The summed E-state index contributed by atoms with van der Waals surface area (Å²) in [5.41, 5.74) is 1.41. The van der Waals surface area contributed by atoms with Gasteiger partial charge in [-0.25, -0.2) is 0 Å². The number of likely N-dealkylation sites (N-methyl/N-ethyl adjacent to an activating group) is 2. The number of likely N-dealkylation sites (tertiary alicyclic amines) is 1. The van der Waals surface area contributed by atoms with E-state index in [-0.39, 0.29) is 0 Å². The van der Waals surface area contributed by atoms with Gasteiger partial charge in [-0.3, -0.25) is 14.8 Å². The topological polar surface area (TPSA) is 46.1 Å². The largest absolute Gasteiger partial charge is 0.357 e. The number of benzene rings is 1. The lowest BCUT2D eigenvalue weighted by Gasteiger charge is -2.37. The third kappa shape index (κ3) is 6.47. The molecule has 2 saturated heterocycles. The number of nitrogens with one attached hydrogen (secondary N) is 2. The van der Waals surface area contributed by atoms with Crippen LogP contribution >= 0.6 is 0 Å². The Hall–Kier alpha value is -1.63. The summed E-state index contributed by atoms with van der Waals surface area (Å²) in [4.78, 5) is 12.3. The summed E-state index contributed by atoms with van der Waals surface area (Å²) in [6.45, 7) is 10.6. The monoisotopic (exact) mass is 386 g/mol. The Morgan fingerprint density at radius 2 is 1.82 bits per heavy atom. The number of hydrogen-bond donors (Lipinski definition) is 2. The molecule has 6 heteroatoms. The van der Waals surface area contributed by atoms with E-state index in [2.05, 4.69) is 76.7 Å². The molecule has 0 amide bonds. The van der Waals surface area contributed by atoms with E-state index in [1.165, 1.54) is 18.4 Å². The number of piperazine rings is 1. The van der Waals surface area contributed by atoms with Crippen LogP contribution in [0.25, 0.3) is 0 Å². The average Bonchev–Trinajstić information content (AvgIpc) is 2.71. The predicted octanol–water partition coefficient (Wildman–Crippen LogP) is 1.45. The van der Waals surface area contributed by atoms with Crippen LogP contribution in [0.15, 0.2) is 35.3 Å². The molecule has 1 unspecified atom stereocenters. The number of nitrogens with zero attached hydrogens (tertiary/aromatic N) is 4. The third-order valence-electron chi connectivity index (χ3n) is 5.96. The van der Waals surface area contributed by atoms with E-state index in [1.807, 2.05) is 0 Å². The molecular formula is C22H38N6. The van der Waals surface area contributed by atoms with E-state index < -0.39 is 0 Å². The Morgan fingerprint density at radius 1 is 1.07 bits per heavy atom. The first-order valence-electron chi connectivity index (χ1n) is 10.8. The standard InChI is InChI=1S/C22H38N6/c1-4-23-22(24-16-21-18-26(2)14-15-27(21)3)25-20-10-12-28(13-11-20)17-19-8-6-5-7-9-19/h5-9,20-21H,4,10-18H2,1-3H3,(H2,23,24,25). The van der Waals surface area contributed by atoms with E-state index in [9.17, 15) is 0 Å². The van der Waals surface area contributed by atoms with E-state index in [1.54, 1.807) is 0 Å². The molecule has 6 nitrogen and oxygen atoms in total. The van der Waals surface area contributed by atoms with Crippen molar-refractivity contribution in [3.8, 4) is 0 Å². The van der Waals surface area contributed by atoms with Gasteiger partial charge in [0.1, 0.15) is 0 Å². The molecule has 1 aromatic carbocycles. The summed E-state index contributed by atoms with van der Waals surface area (Å²) in [6.07, 6.45) is 2.34. The minimum absolute atomic E-state index is 0.502. The number of piperidine rings is 1. The number of aliphatic imine (C=N–C) groups is 1. The molecule has 0 saturated carbocycles. The molecule has 0 radical (unpaired) electrons. The summed E-state index contributed by atoms with van der Waals surface area (Å²) in [6, 6.07) is 11.8. The first-order valence-corrected chi connectivity index (χ1v) is 10.8. The molecule has 0 aromatic heterocycles.